The second-order valence-corrected chi connectivity index (χ2v) is 4.19. The van der Waals surface area contributed by atoms with E-state index in [9.17, 15) is 0 Å². The minimum Gasteiger partial charge on any atom is -0.394 e. The summed E-state index contributed by atoms with van der Waals surface area (Å²) in [5.41, 5.74) is 1.56. The van der Waals surface area contributed by atoms with E-state index in [-0.39, 0.29) is 6.10 Å². The summed E-state index contributed by atoms with van der Waals surface area (Å²) in [6, 6.07) is 0. The summed E-state index contributed by atoms with van der Waals surface area (Å²) in [4.78, 5) is 0. The van der Waals surface area contributed by atoms with E-state index in [1.54, 1.807) is 19.4 Å². The van der Waals surface area contributed by atoms with Crippen molar-refractivity contribution in [3.63, 3.8) is 0 Å². The summed E-state index contributed by atoms with van der Waals surface area (Å²) < 4.78 is 0. The van der Waals surface area contributed by atoms with Crippen LogP contribution in [0.25, 0.3) is 0 Å². The maximum absolute atomic E-state index is 8.06. The molecule has 0 atom stereocenters. The maximum Gasteiger partial charge on any atom is 0.0483 e. The van der Waals surface area contributed by atoms with Crippen molar-refractivity contribution in [3.05, 3.63) is 11.6 Å². The van der Waals surface area contributed by atoms with Gasteiger partial charge in [0.2, 0.25) is 0 Å². The molecule has 0 aliphatic heterocycles. The van der Waals surface area contributed by atoms with Crippen LogP contribution in [0, 0.1) is 11.8 Å². The van der Waals surface area contributed by atoms with Crippen molar-refractivity contribution < 1.29 is 5.11 Å². The SMILES string of the molecule is CC(C)O.CC=C(C(C)C)C(C)C. The first-order valence-corrected chi connectivity index (χ1v) is 5.17. The molecule has 0 aromatic carbocycles. The van der Waals surface area contributed by atoms with Gasteiger partial charge in [-0.3, -0.25) is 0 Å². The average molecular weight is 186 g/mol. The molecule has 0 heterocycles. The fraction of sp³-hybridized carbons (Fsp3) is 0.833. The molecule has 0 aromatic heterocycles. The lowest BCUT2D eigenvalue weighted by molar-refractivity contribution is 0.216. The second-order valence-electron chi connectivity index (χ2n) is 4.19. The third-order valence-corrected chi connectivity index (χ3v) is 1.67. The average Bonchev–Trinajstić information content (AvgIpc) is 1.84. The van der Waals surface area contributed by atoms with Gasteiger partial charge in [0.05, 0.1) is 0 Å². The van der Waals surface area contributed by atoms with E-state index in [1.165, 1.54) is 0 Å². The molecule has 0 rings (SSSR count). The quantitative estimate of drug-likeness (QED) is 0.653. The molecule has 80 valence electrons. The van der Waals surface area contributed by atoms with Gasteiger partial charge in [-0.25, -0.2) is 0 Å². The van der Waals surface area contributed by atoms with Gasteiger partial charge in [-0.1, -0.05) is 39.3 Å². The number of rotatable bonds is 2. The van der Waals surface area contributed by atoms with Crippen LogP contribution in [0.15, 0.2) is 11.6 Å². The summed E-state index contributed by atoms with van der Waals surface area (Å²) in [7, 11) is 0. The largest absolute Gasteiger partial charge is 0.394 e. The molecule has 0 aliphatic rings. The highest BCUT2D eigenvalue weighted by Crippen LogP contribution is 2.18. The molecule has 0 saturated heterocycles. The second kappa shape index (κ2) is 8.31. The van der Waals surface area contributed by atoms with Gasteiger partial charge < -0.3 is 5.11 Å². The monoisotopic (exact) mass is 186 g/mol. The highest BCUT2D eigenvalue weighted by atomic mass is 16.3. The Bertz CT molecular complexity index is 119. The van der Waals surface area contributed by atoms with E-state index in [2.05, 4.69) is 40.7 Å². The van der Waals surface area contributed by atoms with Crippen LogP contribution in [0.2, 0.25) is 0 Å². The fourth-order valence-corrected chi connectivity index (χ4v) is 1.33. The van der Waals surface area contributed by atoms with E-state index < -0.39 is 0 Å². The van der Waals surface area contributed by atoms with E-state index in [0.29, 0.717) is 0 Å². The molecule has 0 fully saturated rings. The Labute approximate surface area is 83.9 Å². The van der Waals surface area contributed by atoms with Gasteiger partial charge in [0, 0.05) is 6.10 Å². The van der Waals surface area contributed by atoms with Gasteiger partial charge >= 0.3 is 0 Å². The molecule has 1 nitrogen and oxygen atoms in total. The highest BCUT2D eigenvalue weighted by Gasteiger charge is 2.04. The molecule has 1 N–H and O–H groups in total. The molecule has 13 heavy (non-hydrogen) atoms. The molecule has 0 unspecified atom stereocenters. The molecule has 0 spiro atoms. The Hall–Kier alpha value is -0.300. The van der Waals surface area contributed by atoms with Crippen molar-refractivity contribution >= 4 is 0 Å². The number of aliphatic hydroxyl groups excluding tert-OH is 1. The lowest BCUT2D eigenvalue weighted by Crippen LogP contribution is -2.00. The molecule has 0 aliphatic carbocycles. The third kappa shape index (κ3) is 11.7. The predicted molar refractivity (Wildman–Crippen MR) is 60.8 cm³/mol. The summed E-state index contributed by atoms with van der Waals surface area (Å²) >= 11 is 0. The molecular weight excluding hydrogens is 160 g/mol. The van der Waals surface area contributed by atoms with Gasteiger partial charge in [0.1, 0.15) is 0 Å². The summed E-state index contributed by atoms with van der Waals surface area (Å²) in [5.74, 6) is 1.44. The lowest BCUT2D eigenvalue weighted by atomic mass is 9.93. The molecule has 0 saturated carbocycles. The van der Waals surface area contributed by atoms with Crippen LogP contribution in [0.3, 0.4) is 0 Å². The smallest absolute Gasteiger partial charge is 0.0483 e. The highest BCUT2D eigenvalue weighted by molar-refractivity contribution is 5.05. The van der Waals surface area contributed by atoms with Gasteiger partial charge in [0.25, 0.3) is 0 Å². The molecule has 0 radical (unpaired) electrons. The minimum atomic E-state index is -0.167. The van der Waals surface area contributed by atoms with E-state index in [0.717, 1.165) is 11.8 Å². The molecule has 1 heteroatoms. The van der Waals surface area contributed by atoms with E-state index in [1.807, 2.05) is 0 Å². The van der Waals surface area contributed by atoms with Crippen LogP contribution in [0.4, 0.5) is 0 Å². The van der Waals surface area contributed by atoms with E-state index >= 15 is 0 Å². The zero-order valence-electron chi connectivity index (χ0n) is 10.3. The Morgan fingerprint density at radius 3 is 1.15 bits per heavy atom. The van der Waals surface area contributed by atoms with Crippen molar-refractivity contribution in [1.29, 1.82) is 0 Å². The van der Waals surface area contributed by atoms with Gasteiger partial charge in [-0.15, -0.1) is 0 Å². The van der Waals surface area contributed by atoms with Gasteiger partial charge in [-0.2, -0.15) is 0 Å². The van der Waals surface area contributed by atoms with Crippen molar-refractivity contribution in [2.75, 3.05) is 0 Å². The van der Waals surface area contributed by atoms with Crippen LogP contribution in [0.1, 0.15) is 48.5 Å². The van der Waals surface area contributed by atoms with Gasteiger partial charge in [0.15, 0.2) is 0 Å². The topological polar surface area (TPSA) is 20.2 Å². The Balaban J connectivity index is 0. The first-order chi connectivity index (χ1) is 5.82. The number of allylic oxidation sites excluding steroid dienone is 2. The van der Waals surface area contributed by atoms with Crippen LogP contribution in [-0.4, -0.2) is 11.2 Å². The lowest BCUT2D eigenvalue weighted by Gasteiger charge is -2.13. The first-order valence-electron chi connectivity index (χ1n) is 5.17. The van der Waals surface area contributed by atoms with Crippen molar-refractivity contribution in [3.8, 4) is 0 Å². The minimum absolute atomic E-state index is 0.167. The van der Waals surface area contributed by atoms with Crippen LogP contribution in [0.5, 0.6) is 0 Å². The standard InChI is InChI=1S/C9H18.C3H8O/c1-6-9(7(2)3)8(4)5;1-3(2)4/h6-8H,1-5H3;3-4H,1-2H3. The molecule has 0 aromatic rings. The molecular formula is C12H26O. The van der Waals surface area contributed by atoms with E-state index in [4.69, 9.17) is 5.11 Å². The van der Waals surface area contributed by atoms with Crippen molar-refractivity contribution in [1.82, 2.24) is 0 Å². The summed E-state index contributed by atoms with van der Waals surface area (Å²) in [6.45, 7) is 14.5. The maximum atomic E-state index is 8.06. The molecule has 0 amide bonds. The summed E-state index contributed by atoms with van der Waals surface area (Å²) in [5, 5.41) is 8.06. The number of aliphatic hydroxyl groups is 1. The van der Waals surface area contributed by atoms with Crippen LogP contribution in [-0.2, 0) is 0 Å². The van der Waals surface area contributed by atoms with Crippen molar-refractivity contribution in [2.24, 2.45) is 11.8 Å². The fourth-order valence-electron chi connectivity index (χ4n) is 1.33. The van der Waals surface area contributed by atoms with Crippen molar-refractivity contribution in [2.45, 2.75) is 54.6 Å². The number of hydrogen-bond acceptors (Lipinski definition) is 1. The van der Waals surface area contributed by atoms with Crippen LogP contribution >= 0.6 is 0 Å². The Morgan fingerprint density at radius 2 is 1.15 bits per heavy atom. The Kier molecular flexibility index (Phi) is 9.70. The number of hydrogen-bond donors (Lipinski definition) is 1. The zero-order chi connectivity index (χ0) is 11.0. The first kappa shape index (κ1) is 15.2. The summed E-state index contributed by atoms with van der Waals surface area (Å²) in [6.07, 6.45) is 2.06. The zero-order valence-corrected chi connectivity index (χ0v) is 10.3. The van der Waals surface area contributed by atoms with Gasteiger partial charge in [-0.05, 0) is 32.6 Å². The normalized spacial score (nSPS) is 10.1. The Morgan fingerprint density at radius 1 is 0.923 bits per heavy atom. The third-order valence-electron chi connectivity index (χ3n) is 1.67. The molecule has 0 bridgehead atoms. The van der Waals surface area contributed by atoms with Crippen LogP contribution < -0.4 is 0 Å². The predicted octanol–water partition coefficient (Wildman–Crippen LogP) is 3.63.